The molecule has 4 amide bonds. The first-order valence-corrected chi connectivity index (χ1v) is 11.3. The summed E-state index contributed by atoms with van der Waals surface area (Å²) >= 11 is 0. The topological polar surface area (TPSA) is 126 Å². The SMILES string of the molecule is CCNC(=O)C(CC(C)C)NC(=O)C(Cc1ccccc1)NC(=O)CNC(=O)OC(C)(C)C. The largest absolute Gasteiger partial charge is 0.444 e. The molecule has 0 aromatic heterocycles. The zero-order valence-electron chi connectivity index (χ0n) is 20.5. The summed E-state index contributed by atoms with van der Waals surface area (Å²) in [6.45, 7) is 11.0. The van der Waals surface area contributed by atoms with Crippen LogP contribution in [0, 0.1) is 5.92 Å². The Morgan fingerprint density at radius 2 is 1.55 bits per heavy atom. The predicted molar refractivity (Wildman–Crippen MR) is 126 cm³/mol. The fourth-order valence-corrected chi connectivity index (χ4v) is 3.04. The standard InChI is InChI=1S/C24H38N4O5/c1-7-25-21(30)18(13-16(2)3)28-22(31)19(14-17-11-9-8-10-12-17)27-20(29)15-26-23(32)33-24(4,5)6/h8-12,16,18-19H,7,13-15H2,1-6H3,(H,25,30)(H,26,32)(H,27,29)(H,28,31). The molecule has 0 fully saturated rings. The number of carbonyl (C=O) groups is 4. The van der Waals surface area contributed by atoms with E-state index in [0.29, 0.717) is 13.0 Å². The van der Waals surface area contributed by atoms with Crippen LogP contribution in [0.15, 0.2) is 30.3 Å². The summed E-state index contributed by atoms with van der Waals surface area (Å²) in [5.74, 6) is -1.11. The molecule has 0 heterocycles. The predicted octanol–water partition coefficient (Wildman–Crippen LogP) is 1.91. The lowest BCUT2D eigenvalue weighted by molar-refractivity contribution is -0.132. The van der Waals surface area contributed by atoms with Crippen LogP contribution in [-0.4, -0.2) is 54.6 Å². The number of likely N-dealkylation sites (N-methyl/N-ethyl adjacent to an activating group) is 1. The van der Waals surface area contributed by atoms with Crippen LogP contribution in [-0.2, 0) is 25.5 Å². The highest BCUT2D eigenvalue weighted by molar-refractivity contribution is 5.93. The highest BCUT2D eigenvalue weighted by Crippen LogP contribution is 2.08. The monoisotopic (exact) mass is 462 g/mol. The molecular formula is C24H38N4O5. The third kappa shape index (κ3) is 11.9. The van der Waals surface area contributed by atoms with Crippen LogP contribution in [0.25, 0.3) is 0 Å². The van der Waals surface area contributed by atoms with Gasteiger partial charge in [0.1, 0.15) is 24.2 Å². The zero-order chi connectivity index (χ0) is 25.0. The summed E-state index contributed by atoms with van der Waals surface area (Å²) in [4.78, 5) is 49.8. The molecule has 9 nitrogen and oxygen atoms in total. The third-order valence-electron chi connectivity index (χ3n) is 4.42. The van der Waals surface area contributed by atoms with E-state index in [-0.39, 0.29) is 24.8 Å². The van der Waals surface area contributed by atoms with Gasteiger partial charge in [0.2, 0.25) is 17.7 Å². The first kappa shape index (κ1) is 27.9. The van der Waals surface area contributed by atoms with E-state index in [1.54, 1.807) is 20.8 Å². The van der Waals surface area contributed by atoms with Crippen molar-refractivity contribution < 1.29 is 23.9 Å². The zero-order valence-corrected chi connectivity index (χ0v) is 20.5. The molecule has 0 saturated carbocycles. The van der Waals surface area contributed by atoms with Crippen molar-refractivity contribution in [3.63, 3.8) is 0 Å². The van der Waals surface area contributed by atoms with Crippen molar-refractivity contribution >= 4 is 23.8 Å². The van der Waals surface area contributed by atoms with E-state index >= 15 is 0 Å². The summed E-state index contributed by atoms with van der Waals surface area (Å²) < 4.78 is 5.12. The van der Waals surface area contributed by atoms with Gasteiger partial charge in [-0.25, -0.2) is 4.79 Å². The van der Waals surface area contributed by atoms with Crippen LogP contribution in [0.4, 0.5) is 4.79 Å². The molecule has 0 aliphatic carbocycles. The van der Waals surface area contributed by atoms with Gasteiger partial charge in [0.25, 0.3) is 0 Å². The summed E-state index contributed by atoms with van der Waals surface area (Å²) in [5, 5.41) is 10.6. The molecule has 1 aromatic carbocycles. The minimum Gasteiger partial charge on any atom is -0.444 e. The Bertz CT molecular complexity index is 790. The Morgan fingerprint density at radius 3 is 2.09 bits per heavy atom. The van der Waals surface area contributed by atoms with Crippen molar-refractivity contribution in [1.82, 2.24) is 21.3 Å². The number of rotatable bonds is 11. The van der Waals surface area contributed by atoms with Gasteiger partial charge in [0, 0.05) is 13.0 Å². The van der Waals surface area contributed by atoms with Crippen LogP contribution >= 0.6 is 0 Å². The Hall–Kier alpha value is -3.10. The second-order valence-corrected chi connectivity index (χ2v) is 9.25. The summed E-state index contributed by atoms with van der Waals surface area (Å²) in [5.41, 5.74) is 0.150. The van der Waals surface area contributed by atoms with E-state index in [2.05, 4.69) is 21.3 Å². The molecule has 2 atom stereocenters. The molecule has 4 N–H and O–H groups in total. The highest BCUT2D eigenvalue weighted by Gasteiger charge is 2.27. The number of benzene rings is 1. The maximum atomic E-state index is 13.1. The van der Waals surface area contributed by atoms with E-state index < -0.39 is 35.6 Å². The highest BCUT2D eigenvalue weighted by atomic mass is 16.6. The minimum absolute atomic E-state index is 0.179. The molecule has 33 heavy (non-hydrogen) atoms. The second kappa shape index (κ2) is 13.4. The first-order valence-electron chi connectivity index (χ1n) is 11.3. The number of ether oxygens (including phenoxy) is 1. The molecule has 9 heteroatoms. The van der Waals surface area contributed by atoms with Crippen molar-refractivity contribution in [1.29, 1.82) is 0 Å². The van der Waals surface area contributed by atoms with Crippen LogP contribution in [0.1, 0.15) is 53.5 Å². The lowest BCUT2D eigenvalue weighted by Crippen LogP contribution is -2.55. The lowest BCUT2D eigenvalue weighted by Gasteiger charge is -2.24. The van der Waals surface area contributed by atoms with Crippen LogP contribution < -0.4 is 21.3 Å². The maximum absolute atomic E-state index is 13.1. The van der Waals surface area contributed by atoms with Gasteiger partial charge in [0.05, 0.1) is 0 Å². The van der Waals surface area contributed by atoms with Crippen LogP contribution in [0.5, 0.6) is 0 Å². The Labute approximate surface area is 196 Å². The van der Waals surface area contributed by atoms with E-state index in [0.717, 1.165) is 5.56 Å². The van der Waals surface area contributed by atoms with Gasteiger partial charge in [0.15, 0.2) is 0 Å². The van der Waals surface area contributed by atoms with Crippen molar-refractivity contribution in [2.75, 3.05) is 13.1 Å². The van der Waals surface area contributed by atoms with Gasteiger partial charge in [-0.15, -0.1) is 0 Å². The number of alkyl carbamates (subject to hydrolysis) is 1. The van der Waals surface area contributed by atoms with Crippen LogP contribution in [0.3, 0.4) is 0 Å². The number of carbonyl (C=O) groups excluding carboxylic acids is 4. The fourth-order valence-electron chi connectivity index (χ4n) is 3.04. The molecule has 0 bridgehead atoms. The quantitative estimate of drug-likeness (QED) is 0.400. The molecular weight excluding hydrogens is 424 g/mol. The summed E-state index contributed by atoms with van der Waals surface area (Å²) in [7, 11) is 0. The van der Waals surface area contributed by atoms with Crippen molar-refractivity contribution in [3.8, 4) is 0 Å². The van der Waals surface area contributed by atoms with Gasteiger partial charge < -0.3 is 26.0 Å². The minimum atomic E-state index is -0.926. The normalized spacial score (nSPS) is 12.9. The third-order valence-corrected chi connectivity index (χ3v) is 4.42. The van der Waals surface area contributed by atoms with Gasteiger partial charge in [-0.3, -0.25) is 14.4 Å². The van der Waals surface area contributed by atoms with E-state index in [4.69, 9.17) is 4.74 Å². The van der Waals surface area contributed by atoms with Crippen LogP contribution in [0.2, 0.25) is 0 Å². The molecule has 0 saturated heterocycles. The fraction of sp³-hybridized carbons (Fsp3) is 0.583. The molecule has 0 aliphatic rings. The first-order chi connectivity index (χ1) is 15.4. The summed E-state index contributed by atoms with van der Waals surface area (Å²) in [6, 6.07) is 7.59. The molecule has 0 aliphatic heterocycles. The van der Waals surface area contributed by atoms with Crippen molar-refractivity contribution in [2.24, 2.45) is 5.92 Å². The maximum Gasteiger partial charge on any atom is 0.408 e. The number of hydrogen-bond donors (Lipinski definition) is 4. The molecule has 184 valence electrons. The number of hydrogen-bond acceptors (Lipinski definition) is 5. The van der Waals surface area contributed by atoms with Crippen molar-refractivity contribution in [3.05, 3.63) is 35.9 Å². The van der Waals surface area contributed by atoms with E-state index in [1.165, 1.54) is 0 Å². The van der Waals surface area contributed by atoms with Gasteiger partial charge in [-0.05, 0) is 45.6 Å². The molecule has 1 rings (SSSR count). The molecule has 1 aromatic rings. The van der Waals surface area contributed by atoms with E-state index in [1.807, 2.05) is 51.1 Å². The second-order valence-electron chi connectivity index (χ2n) is 9.25. The van der Waals surface area contributed by atoms with E-state index in [9.17, 15) is 19.2 Å². The smallest absolute Gasteiger partial charge is 0.408 e. The Balaban J connectivity index is 2.89. The Kier molecular flexibility index (Phi) is 11.4. The lowest BCUT2D eigenvalue weighted by atomic mass is 10.0. The number of nitrogens with one attached hydrogen (secondary N) is 4. The van der Waals surface area contributed by atoms with Gasteiger partial charge in [-0.2, -0.15) is 0 Å². The average Bonchev–Trinajstić information content (AvgIpc) is 2.70. The number of amides is 4. The Morgan fingerprint density at radius 1 is 0.909 bits per heavy atom. The molecule has 0 spiro atoms. The van der Waals surface area contributed by atoms with Crippen molar-refractivity contribution in [2.45, 2.75) is 72.1 Å². The summed E-state index contributed by atoms with van der Waals surface area (Å²) in [6.07, 6.45) is -0.0340. The molecule has 0 radical (unpaired) electrons. The molecule has 2 unspecified atom stereocenters. The van der Waals surface area contributed by atoms with Gasteiger partial charge >= 0.3 is 6.09 Å². The average molecular weight is 463 g/mol. The van der Waals surface area contributed by atoms with Gasteiger partial charge in [-0.1, -0.05) is 44.2 Å².